The largest absolute Gasteiger partial charge is 0.345 e. The first-order valence-corrected chi connectivity index (χ1v) is 15.3. The molecule has 3 fully saturated rings. The van der Waals surface area contributed by atoms with Gasteiger partial charge >= 0.3 is 0 Å². The number of nitrogens with one attached hydrogen (secondary N) is 3. The number of amides is 2. The number of carbonyl (C=O) groups is 3. The van der Waals surface area contributed by atoms with Crippen molar-refractivity contribution in [2.24, 2.45) is 5.92 Å². The molecular formula is C33H45N5O3. The summed E-state index contributed by atoms with van der Waals surface area (Å²) < 4.78 is 0. The average Bonchev–Trinajstić information content (AvgIpc) is 3.36. The fourth-order valence-electron chi connectivity index (χ4n) is 6.98. The summed E-state index contributed by atoms with van der Waals surface area (Å²) in [6.07, 6.45) is 6.59. The van der Waals surface area contributed by atoms with Gasteiger partial charge in [-0.05, 0) is 56.7 Å². The normalized spacial score (nSPS) is 25.0. The van der Waals surface area contributed by atoms with Gasteiger partial charge in [0.1, 0.15) is 0 Å². The van der Waals surface area contributed by atoms with Gasteiger partial charge in [0.2, 0.25) is 11.8 Å². The number of nitrogens with zero attached hydrogens (tertiary/aromatic N) is 2. The van der Waals surface area contributed by atoms with Crippen molar-refractivity contribution in [2.75, 3.05) is 33.2 Å². The van der Waals surface area contributed by atoms with Crippen molar-refractivity contribution in [1.29, 1.82) is 0 Å². The summed E-state index contributed by atoms with van der Waals surface area (Å²) in [5.41, 5.74) is 1.21. The molecule has 3 N–H and O–H groups in total. The molecule has 0 aromatic heterocycles. The zero-order chi connectivity index (χ0) is 28.8. The molecule has 1 aliphatic carbocycles. The zero-order valence-corrected chi connectivity index (χ0v) is 24.5. The third-order valence-corrected chi connectivity index (χ3v) is 9.31. The molecule has 0 radical (unpaired) electrons. The van der Waals surface area contributed by atoms with E-state index in [1.54, 1.807) is 7.05 Å². The molecule has 0 unspecified atom stereocenters. The first-order valence-electron chi connectivity index (χ1n) is 15.3. The van der Waals surface area contributed by atoms with Crippen LogP contribution in [0.1, 0.15) is 50.2 Å². The Morgan fingerprint density at radius 2 is 1.66 bits per heavy atom. The molecule has 2 amide bonds. The molecule has 8 heteroatoms. The molecular weight excluding hydrogens is 514 g/mol. The summed E-state index contributed by atoms with van der Waals surface area (Å²) in [5, 5.41) is 9.57. The minimum absolute atomic E-state index is 0.0423. The SMILES string of the molecule is CN[C@@H](C)C(=O)N[C@H](C(=O)[C@@]12CN(CCc3ccccc3)C[C@H](Cc3ccccc3)N1C(=O)CN2)C1CCCCC1. The zero-order valence-electron chi connectivity index (χ0n) is 24.5. The minimum atomic E-state index is -1.18. The fourth-order valence-corrected chi connectivity index (χ4v) is 6.98. The van der Waals surface area contributed by atoms with Gasteiger partial charge in [-0.1, -0.05) is 79.9 Å². The second kappa shape index (κ2) is 13.3. The van der Waals surface area contributed by atoms with E-state index in [0.717, 1.165) is 50.6 Å². The first kappa shape index (κ1) is 29.4. The molecule has 2 heterocycles. The monoisotopic (exact) mass is 559 g/mol. The lowest BCUT2D eigenvalue weighted by atomic mass is 9.78. The first-order chi connectivity index (χ1) is 19.9. The van der Waals surface area contributed by atoms with Gasteiger partial charge in [0.25, 0.3) is 0 Å². The van der Waals surface area contributed by atoms with Crippen LogP contribution in [-0.2, 0) is 27.2 Å². The third kappa shape index (κ3) is 6.55. The number of benzene rings is 2. The number of fused-ring (bicyclic) bond motifs is 1. The lowest BCUT2D eigenvalue weighted by molar-refractivity contribution is -0.153. The van der Waals surface area contributed by atoms with Gasteiger partial charge in [-0.2, -0.15) is 0 Å². The summed E-state index contributed by atoms with van der Waals surface area (Å²) in [7, 11) is 1.75. The molecule has 0 spiro atoms. The number of rotatable bonds is 11. The van der Waals surface area contributed by atoms with Crippen LogP contribution < -0.4 is 16.0 Å². The average molecular weight is 560 g/mol. The van der Waals surface area contributed by atoms with Gasteiger partial charge in [-0.15, -0.1) is 0 Å². The molecule has 8 nitrogen and oxygen atoms in total. The fraction of sp³-hybridized carbons (Fsp3) is 0.545. The Kier molecular flexibility index (Phi) is 9.53. The van der Waals surface area contributed by atoms with Crippen LogP contribution in [0.15, 0.2) is 60.7 Å². The van der Waals surface area contributed by atoms with E-state index >= 15 is 0 Å². The van der Waals surface area contributed by atoms with E-state index in [2.05, 4.69) is 57.2 Å². The smallest absolute Gasteiger partial charge is 0.238 e. The predicted octanol–water partition coefficient (Wildman–Crippen LogP) is 2.53. The summed E-state index contributed by atoms with van der Waals surface area (Å²) in [6, 6.07) is 19.4. The van der Waals surface area contributed by atoms with Crippen molar-refractivity contribution in [3.05, 3.63) is 71.8 Å². The lowest BCUT2D eigenvalue weighted by Crippen LogP contribution is -2.75. The van der Waals surface area contributed by atoms with E-state index in [-0.39, 0.29) is 36.1 Å². The van der Waals surface area contributed by atoms with Crippen LogP contribution in [-0.4, -0.2) is 84.4 Å². The molecule has 220 valence electrons. The third-order valence-electron chi connectivity index (χ3n) is 9.31. The molecule has 4 atom stereocenters. The van der Waals surface area contributed by atoms with Crippen LogP contribution in [0.25, 0.3) is 0 Å². The van der Waals surface area contributed by atoms with Crippen molar-refractivity contribution in [3.63, 3.8) is 0 Å². The molecule has 2 aromatic carbocycles. The number of ketones is 1. The summed E-state index contributed by atoms with van der Waals surface area (Å²) in [5.74, 6) is -0.236. The molecule has 5 rings (SSSR count). The molecule has 1 saturated carbocycles. The van der Waals surface area contributed by atoms with E-state index < -0.39 is 17.7 Å². The topological polar surface area (TPSA) is 93.8 Å². The van der Waals surface area contributed by atoms with Gasteiger partial charge < -0.3 is 15.5 Å². The van der Waals surface area contributed by atoms with Crippen molar-refractivity contribution >= 4 is 17.6 Å². The van der Waals surface area contributed by atoms with Gasteiger partial charge in [-0.3, -0.25) is 24.6 Å². The Morgan fingerprint density at radius 1 is 1.00 bits per heavy atom. The molecule has 2 aliphatic heterocycles. The van der Waals surface area contributed by atoms with E-state index in [0.29, 0.717) is 19.5 Å². The second-order valence-corrected chi connectivity index (χ2v) is 12.1. The molecule has 2 saturated heterocycles. The molecule has 2 aromatic rings. The van der Waals surface area contributed by atoms with Crippen LogP contribution in [0.5, 0.6) is 0 Å². The Hall–Kier alpha value is -3.07. The number of hydrogen-bond acceptors (Lipinski definition) is 6. The van der Waals surface area contributed by atoms with Crippen LogP contribution in [0, 0.1) is 5.92 Å². The van der Waals surface area contributed by atoms with E-state index in [4.69, 9.17) is 0 Å². The summed E-state index contributed by atoms with van der Waals surface area (Å²) in [4.78, 5) is 45.8. The minimum Gasteiger partial charge on any atom is -0.345 e. The molecule has 0 bridgehead atoms. The molecule has 41 heavy (non-hydrogen) atoms. The highest BCUT2D eigenvalue weighted by Gasteiger charge is 2.59. The van der Waals surface area contributed by atoms with Gasteiger partial charge in [0.15, 0.2) is 11.4 Å². The lowest BCUT2D eigenvalue weighted by Gasteiger charge is -2.51. The highest BCUT2D eigenvalue weighted by atomic mass is 16.2. The van der Waals surface area contributed by atoms with Crippen molar-refractivity contribution < 1.29 is 14.4 Å². The number of piperazine rings is 1. The quantitative estimate of drug-likeness (QED) is 0.392. The highest BCUT2D eigenvalue weighted by Crippen LogP contribution is 2.35. The van der Waals surface area contributed by atoms with E-state index in [1.807, 2.05) is 36.1 Å². The Morgan fingerprint density at radius 3 is 2.32 bits per heavy atom. The Labute approximate surface area is 244 Å². The Bertz CT molecular complexity index is 1190. The van der Waals surface area contributed by atoms with Gasteiger partial charge in [-0.25, -0.2) is 0 Å². The van der Waals surface area contributed by atoms with Gasteiger partial charge in [0.05, 0.1) is 24.7 Å². The van der Waals surface area contributed by atoms with Gasteiger partial charge in [0, 0.05) is 19.6 Å². The van der Waals surface area contributed by atoms with Crippen LogP contribution in [0.3, 0.4) is 0 Å². The maximum atomic E-state index is 14.9. The Balaban J connectivity index is 1.48. The van der Waals surface area contributed by atoms with Crippen molar-refractivity contribution in [2.45, 2.75) is 75.7 Å². The van der Waals surface area contributed by atoms with Crippen molar-refractivity contribution in [1.82, 2.24) is 25.8 Å². The number of likely N-dealkylation sites (N-methyl/N-ethyl adjacent to an activating group) is 1. The molecule has 3 aliphatic rings. The second-order valence-electron chi connectivity index (χ2n) is 12.1. The maximum absolute atomic E-state index is 14.9. The number of carbonyl (C=O) groups excluding carboxylic acids is 3. The maximum Gasteiger partial charge on any atom is 0.238 e. The summed E-state index contributed by atoms with van der Waals surface area (Å²) in [6.45, 7) is 3.83. The number of Topliss-reactive ketones (excluding diaryl/α,β-unsaturated/α-hetero) is 1. The van der Waals surface area contributed by atoms with Crippen LogP contribution in [0.4, 0.5) is 0 Å². The van der Waals surface area contributed by atoms with E-state index in [9.17, 15) is 14.4 Å². The van der Waals surface area contributed by atoms with Crippen LogP contribution in [0.2, 0.25) is 0 Å². The standard InChI is InChI=1S/C33H45N5O3/c1-24(34-2)32(41)36-30(27-16-10-5-11-17-27)31(40)33-23-37(19-18-25-12-6-3-7-13-25)22-28(38(33)29(39)21-35-33)20-26-14-8-4-9-15-26/h3-4,6-9,12-15,24,27-28,30,34-35H,5,10-11,16-23H2,1-2H3,(H,36,41)/t24-,28-,30-,33+/m0/s1. The van der Waals surface area contributed by atoms with Crippen molar-refractivity contribution in [3.8, 4) is 0 Å². The predicted molar refractivity (Wildman–Crippen MR) is 160 cm³/mol. The van der Waals surface area contributed by atoms with E-state index in [1.165, 1.54) is 5.56 Å². The highest BCUT2D eigenvalue weighted by molar-refractivity contribution is 6.01. The number of hydrogen-bond donors (Lipinski definition) is 3. The van der Waals surface area contributed by atoms with Crippen LogP contribution >= 0.6 is 0 Å². The summed E-state index contributed by atoms with van der Waals surface area (Å²) >= 11 is 0.